The van der Waals surface area contributed by atoms with Crippen LogP contribution in [-0.2, 0) is 24.7 Å². The van der Waals surface area contributed by atoms with Gasteiger partial charge in [-0.2, -0.15) is 52.7 Å². The fourth-order valence-corrected chi connectivity index (χ4v) is 2.72. The molecule has 2 aromatic rings. The summed E-state index contributed by atoms with van der Waals surface area (Å²) in [6.45, 7) is 0. The molecule has 2 nitrogen and oxygen atoms in total. The van der Waals surface area contributed by atoms with Gasteiger partial charge in [-0.25, -0.2) is 0 Å². The van der Waals surface area contributed by atoms with Crippen LogP contribution in [0.15, 0.2) is 24.3 Å². The zero-order valence-corrected chi connectivity index (χ0v) is 13.7. The van der Waals surface area contributed by atoms with E-state index in [4.69, 9.17) is 0 Å². The van der Waals surface area contributed by atoms with Gasteiger partial charge in [0.25, 0.3) is 0 Å². The lowest BCUT2D eigenvalue weighted by molar-refractivity contribution is -0.178. The van der Waals surface area contributed by atoms with Crippen molar-refractivity contribution in [2.75, 3.05) is 7.11 Å². The van der Waals surface area contributed by atoms with Gasteiger partial charge in [-0.1, -0.05) is 12.1 Å². The predicted molar refractivity (Wildman–Crippen MR) is 72.3 cm³/mol. The first-order valence-corrected chi connectivity index (χ1v) is 7.13. The van der Waals surface area contributed by atoms with Crippen molar-refractivity contribution < 1.29 is 57.4 Å². The molecule has 162 valence electrons. The Morgan fingerprint density at radius 2 is 1.00 bits per heavy atom. The molecule has 0 saturated carbocycles. The fourth-order valence-electron chi connectivity index (χ4n) is 2.72. The van der Waals surface area contributed by atoms with Crippen LogP contribution in [0.5, 0.6) is 5.75 Å². The first-order chi connectivity index (χ1) is 12.9. The molecule has 0 spiro atoms. The van der Waals surface area contributed by atoms with Gasteiger partial charge in [-0.15, -0.1) is 0 Å². The fraction of sp³-hybridized carbons (Fsp3) is 0.333. The molecule has 0 unspecified atom stereocenters. The molecule has 0 bridgehead atoms. The van der Waals surface area contributed by atoms with E-state index in [1.54, 1.807) is 0 Å². The standard InChI is InChI=1S/C15H7F12NO/c1-29-7-5-3-2-4-6(7)28-10(14(22,23)24)8(12(16,17)18)9(13(19,20)21)11(28)15(25,26)27/h2-5H,1H3. The second-order valence-corrected chi connectivity index (χ2v) is 5.45. The van der Waals surface area contributed by atoms with Gasteiger partial charge in [-0.3, -0.25) is 4.57 Å². The molecule has 0 saturated heterocycles. The van der Waals surface area contributed by atoms with Gasteiger partial charge in [0.1, 0.15) is 17.1 Å². The van der Waals surface area contributed by atoms with E-state index in [2.05, 4.69) is 4.74 Å². The van der Waals surface area contributed by atoms with Gasteiger partial charge in [-0.05, 0) is 12.1 Å². The van der Waals surface area contributed by atoms with Gasteiger partial charge in [0.05, 0.1) is 23.9 Å². The van der Waals surface area contributed by atoms with Crippen molar-refractivity contribution in [3.63, 3.8) is 0 Å². The lowest BCUT2D eigenvalue weighted by atomic mass is 10.1. The third kappa shape index (κ3) is 4.10. The first-order valence-electron chi connectivity index (χ1n) is 7.13. The maximum Gasteiger partial charge on any atom is 0.432 e. The molecule has 2 rings (SSSR count). The quantitative estimate of drug-likeness (QED) is 0.478. The van der Waals surface area contributed by atoms with E-state index in [1.165, 1.54) is 0 Å². The number of nitrogens with zero attached hydrogens (tertiary/aromatic N) is 1. The van der Waals surface area contributed by atoms with Crippen molar-refractivity contribution in [3.05, 3.63) is 46.8 Å². The van der Waals surface area contributed by atoms with Crippen molar-refractivity contribution in [2.24, 2.45) is 0 Å². The Balaban J connectivity index is 3.29. The minimum Gasteiger partial charge on any atom is -0.495 e. The summed E-state index contributed by atoms with van der Waals surface area (Å²) in [7, 11) is 0.762. The number of hydrogen-bond donors (Lipinski definition) is 0. The SMILES string of the molecule is COc1ccccc1-n1c(C(F)(F)F)c(C(F)(F)F)c(C(F)(F)F)c1C(F)(F)F. The Hall–Kier alpha value is -2.54. The first kappa shape index (κ1) is 22.7. The van der Waals surface area contributed by atoms with Crippen molar-refractivity contribution >= 4 is 0 Å². The van der Waals surface area contributed by atoms with Crippen molar-refractivity contribution in [2.45, 2.75) is 24.7 Å². The average Bonchev–Trinajstić information content (AvgIpc) is 2.91. The second kappa shape index (κ2) is 6.76. The highest BCUT2D eigenvalue weighted by Crippen LogP contribution is 2.54. The molecule has 0 radical (unpaired) electrons. The highest BCUT2D eigenvalue weighted by Gasteiger charge is 2.59. The second-order valence-electron chi connectivity index (χ2n) is 5.45. The van der Waals surface area contributed by atoms with Crippen LogP contribution < -0.4 is 4.74 Å². The van der Waals surface area contributed by atoms with E-state index >= 15 is 0 Å². The topological polar surface area (TPSA) is 14.2 Å². The molecule has 0 aliphatic rings. The molecular weight excluding hydrogens is 438 g/mol. The molecule has 0 aliphatic carbocycles. The molecule has 1 heterocycles. The number of alkyl halides is 12. The van der Waals surface area contributed by atoms with Crippen molar-refractivity contribution in [1.82, 2.24) is 4.57 Å². The number of para-hydroxylation sites is 2. The number of hydrogen-bond acceptors (Lipinski definition) is 1. The largest absolute Gasteiger partial charge is 0.495 e. The molecule has 0 atom stereocenters. The Morgan fingerprint density at radius 3 is 1.31 bits per heavy atom. The van der Waals surface area contributed by atoms with E-state index in [9.17, 15) is 52.7 Å². The van der Waals surface area contributed by atoms with Crippen LogP contribution in [0.3, 0.4) is 0 Å². The number of rotatable bonds is 2. The Morgan fingerprint density at radius 1 is 0.621 bits per heavy atom. The molecule has 0 N–H and O–H groups in total. The number of aromatic nitrogens is 1. The smallest absolute Gasteiger partial charge is 0.432 e. The number of ether oxygens (including phenoxy) is 1. The van der Waals surface area contributed by atoms with Crippen molar-refractivity contribution in [3.8, 4) is 11.4 Å². The lowest BCUT2D eigenvalue weighted by Gasteiger charge is -2.20. The normalized spacial score (nSPS) is 13.7. The van der Waals surface area contributed by atoms with Gasteiger partial charge in [0.2, 0.25) is 0 Å². The molecule has 1 aromatic carbocycles. The summed E-state index contributed by atoms with van der Waals surface area (Å²) < 4.78 is 163. The van der Waals surface area contributed by atoms with Crippen LogP contribution in [0.2, 0.25) is 0 Å². The van der Waals surface area contributed by atoms with Crippen LogP contribution in [-0.4, -0.2) is 11.7 Å². The van der Waals surface area contributed by atoms with E-state index in [1.807, 2.05) is 0 Å². The van der Waals surface area contributed by atoms with E-state index in [0.29, 0.717) is 6.07 Å². The van der Waals surface area contributed by atoms with E-state index in [-0.39, 0.29) is 0 Å². The Kier molecular flexibility index (Phi) is 5.30. The maximum atomic E-state index is 13.4. The summed E-state index contributed by atoms with van der Waals surface area (Å²) in [6.07, 6.45) is -25.3. The van der Waals surface area contributed by atoms with Gasteiger partial charge < -0.3 is 4.74 Å². The van der Waals surface area contributed by atoms with Crippen LogP contribution in [0.4, 0.5) is 52.7 Å². The number of benzene rings is 1. The number of methoxy groups -OCH3 is 1. The lowest BCUT2D eigenvalue weighted by Crippen LogP contribution is -2.21. The van der Waals surface area contributed by atoms with Crippen LogP contribution >= 0.6 is 0 Å². The zero-order chi connectivity index (χ0) is 22.6. The van der Waals surface area contributed by atoms with Gasteiger partial charge in [0, 0.05) is 0 Å². The van der Waals surface area contributed by atoms with Crippen LogP contribution in [0, 0.1) is 0 Å². The maximum absolute atomic E-state index is 13.4. The highest BCUT2D eigenvalue weighted by atomic mass is 19.4. The molecule has 0 aliphatic heterocycles. The molecule has 14 heteroatoms. The third-order valence-electron chi connectivity index (χ3n) is 3.60. The Bertz CT molecular complexity index is 849. The van der Waals surface area contributed by atoms with Crippen molar-refractivity contribution in [1.29, 1.82) is 0 Å². The predicted octanol–water partition coefficient (Wildman–Crippen LogP) is 6.56. The summed E-state index contributed by atoms with van der Waals surface area (Å²) in [5.41, 5.74) is -14.6. The third-order valence-corrected chi connectivity index (χ3v) is 3.60. The zero-order valence-electron chi connectivity index (χ0n) is 13.7. The van der Waals surface area contributed by atoms with E-state index < -0.39 is 63.2 Å². The molecule has 0 fully saturated rings. The highest BCUT2D eigenvalue weighted by molar-refractivity contribution is 5.56. The molecule has 29 heavy (non-hydrogen) atoms. The van der Waals surface area contributed by atoms with Crippen LogP contribution in [0.25, 0.3) is 5.69 Å². The monoisotopic (exact) mass is 445 g/mol. The van der Waals surface area contributed by atoms with Gasteiger partial charge in [0.15, 0.2) is 0 Å². The summed E-state index contributed by atoms with van der Waals surface area (Å²) in [6, 6.07) is 3.10. The summed E-state index contributed by atoms with van der Waals surface area (Å²) in [5.74, 6) is -0.819. The summed E-state index contributed by atoms with van der Waals surface area (Å²) in [5, 5.41) is 0. The minimum absolute atomic E-state index is 0.462. The van der Waals surface area contributed by atoms with Crippen LogP contribution in [0.1, 0.15) is 22.5 Å². The Labute approximate surface area is 153 Å². The average molecular weight is 445 g/mol. The summed E-state index contributed by atoms with van der Waals surface area (Å²) in [4.78, 5) is 0. The summed E-state index contributed by atoms with van der Waals surface area (Å²) >= 11 is 0. The number of halogens is 12. The minimum atomic E-state index is -6.41. The van der Waals surface area contributed by atoms with Gasteiger partial charge >= 0.3 is 24.7 Å². The van der Waals surface area contributed by atoms with E-state index in [0.717, 1.165) is 25.3 Å². The molecular formula is C15H7F12NO. The molecule has 0 amide bonds. The molecule has 1 aromatic heterocycles.